The molecule has 2 fully saturated rings. The Balaban J connectivity index is 2.11. The summed E-state index contributed by atoms with van der Waals surface area (Å²) < 4.78 is 5.75. The topological polar surface area (TPSA) is 87.2 Å². The van der Waals surface area contributed by atoms with Gasteiger partial charge in [-0.15, -0.1) is 0 Å². The van der Waals surface area contributed by atoms with Gasteiger partial charge in [-0.2, -0.15) is 0 Å². The Morgan fingerprint density at radius 3 is 2.61 bits per heavy atom. The van der Waals surface area contributed by atoms with Gasteiger partial charge in [0.2, 0.25) is 5.91 Å². The van der Waals surface area contributed by atoms with E-state index < -0.39 is 35.4 Å². The number of hydrogen-bond donors (Lipinski definition) is 1. The lowest BCUT2D eigenvalue weighted by Crippen LogP contribution is -2.54. The van der Waals surface area contributed by atoms with Gasteiger partial charge in [-0.25, -0.2) is 0 Å². The summed E-state index contributed by atoms with van der Waals surface area (Å²) >= 11 is 0. The first kappa shape index (κ1) is 21.0. The Labute approximate surface area is 166 Å². The lowest BCUT2D eigenvalue weighted by molar-refractivity contribution is -0.172. The molecule has 1 amide bonds. The number of allylic oxidation sites excluding steroid dienone is 2. The predicted molar refractivity (Wildman–Crippen MR) is 103 cm³/mol. The van der Waals surface area contributed by atoms with E-state index in [0.29, 0.717) is 19.5 Å². The molecule has 156 valence electrons. The van der Waals surface area contributed by atoms with Crippen LogP contribution in [0.2, 0.25) is 0 Å². The average Bonchev–Trinajstić information content (AvgIpc) is 2.81. The molecule has 1 heterocycles. The van der Waals surface area contributed by atoms with Crippen LogP contribution in [0.5, 0.6) is 0 Å². The van der Waals surface area contributed by atoms with Gasteiger partial charge in [-0.1, -0.05) is 13.0 Å². The summed E-state index contributed by atoms with van der Waals surface area (Å²) in [6.45, 7) is 6.94. The fourth-order valence-corrected chi connectivity index (χ4v) is 5.50. The molecular weight excluding hydrogens is 360 g/mol. The van der Waals surface area contributed by atoms with E-state index in [0.717, 1.165) is 6.54 Å². The number of ether oxygens (including phenoxy) is 1. The largest absolute Gasteiger partial charge is 0.461 e. The maximum Gasteiger partial charge on any atom is 0.302 e. The molecule has 3 rings (SSSR count). The quantitative estimate of drug-likeness (QED) is 0.697. The van der Waals surface area contributed by atoms with Crippen molar-refractivity contribution in [2.24, 2.45) is 29.1 Å². The molecule has 0 spiro atoms. The van der Waals surface area contributed by atoms with E-state index in [1.807, 2.05) is 27.0 Å². The van der Waals surface area contributed by atoms with Crippen LogP contribution in [0.25, 0.3) is 0 Å². The van der Waals surface area contributed by atoms with Gasteiger partial charge in [0.05, 0.1) is 17.4 Å². The molecule has 7 heteroatoms. The summed E-state index contributed by atoms with van der Waals surface area (Å²) in [5, 5.41) is 11.2. The van der Waals surface area contributed by atoms with E-state index >= 15 is 0 Å². The van der Waals surface area contributed by atoms with Crippen molar-refractivity contribution in [2.75, 3.05) is 33.7 Å². The average molecular weight is 392 g/mol. The van der Waals surface area contributed by atoms with E-state index in [-0.39, 0.29) is 23.5 Å². The van der Waals surface area contributed by atoms with Crippen molar-refractivity contribution in [2.45, 2.75) is 39.4 Å². The van der Waals surface area contributed by atoms with Crippen molar-refractivity contribution in [3.8, 4) is 0 Å². The number of fused-ring (bicyclic) bond motifs is 1. The van der Waals surface area contributed by atoms with Gasteiger partial charge in [0.1, 0.15) is 6.10 Å². The molecule has 1 N–H and O–H groups in total. The summed E-state index contributed by atoms with van der Waals surface area (Å²) in [5.74, 6) is -1.97. The lowest BCUT2D eigenvalue weighted by Gasteiger charge is -2.43. The predicted octanol–water partition coefficient (Wildman–Crippen LogP) is 0.716. The zero-order chi connectivity index (χ0) is 20.8. The van der Waals surface area contributed by atoms with Crippen LogP contribution in [-0.2, 0) is 19.1 Å². The van der Waals surface area contributed by atoms with Crippen molar-refractivity contribution in [3.63, 3.8) is 0 Å². The third-order valence-electron chi connectivity index (χ3n) is 7.07. The molecule has 0 aromatic heterocycles. The molecule has 2 aliphatic carbocycles. The van der Waals surface area contributed by atoms with Crippen molar-refractivity contribution >= 4 is 17.7 Å². The molecule has 0 aromatic carbocycles. The number of likely N-dealkylation sites (N-methyl/N-ethyl adjacent to an activating group) is 2. The van der Waals surface area contributed by atoms with Crippen molar-refractivity contribution in [1.82, 2.24) is 9.80 Å². The van der Waals surface area contributed by atoms with Crippen LogP contribution in [0.15, 0.2) is 12.2 Å². The van der Waals surface area contributed by atoms with E-state index in [2.05, 4.69) is 4.90 Å². The third-order valence-corrected chi connectivity index (χ3v) is 7.07. The van der Waals surface area contributed by atoms with Crippen LogP contribution in [0.3, 0.4) is 0 Å². The minimum atomic E-state index is -0.975. The summed E-state index contributed by atoms with van der Waals surface area (Å²) in [6, 6.07) is 0. The first-order valence-corrected chi connectivity index (χ1v) is 10.1. The second-order valence-electron chi connectivity index (χ2n) is 9.05. The molecule has 1 saturated carbocycles. The number of carbonyl (C=O) groups is 3. The van der Waals surface area contributed by atoms with Crippen LogP contribution < -0.4 is 0 Å². The fraction of sp³-hybridized carbons (Fsp3) is 0.762. The van der Waals surface area contributed by atoms with E-state index in [4.69, 9.17) is 4.74 Å². The SMILES string of the molecule is CC(=O)O[C@H]1[C@H](C2CN(C)CCN(C)C2=O)[C@H](O)C[C@@H](C)[C@@H]2C=CC(=O)[C@]21C. The number of rotatable bonds is 2. The first-order chi connectivity index (χ1) is 13.1. The highest BCUT2D eigenvalue weighted by molar-refractivity contribution is 5.98. The van der Waals surface area contributed by atoms with Crippen molar-refractivity contribution < 1.29 is 24.2 Å². The van der Waals surface area contributed by atoms with Crippen LogP contribution in [0.1, 0.15) is 27.2 Å². The summed E-state index contributed by atoms with van der Waals surface area (Å²) in [4.78, 5) is 41.9. The molecule has 28 heavy (non-hydrogen) atoms. The molecule has 0 aromatic rings. The monoisotopic (exact) mass is 392 g/mol. The second kappa shape index (κ2) is 7.59. The number of carbonyl (C=O) groups excluding carboxylic acids is 3. The van der Waals surface area contributed by atoms with E-state index in [1.165, 1.54) is 6.92 Å². The molecule has 1 aliphatic heterocycles. The summed E-state index contributed by atoms with van der Waals surface area (Å²) in [5.41, 5.74) is -0.975. The van der Waals surface area contributed by atoms with Gasteiger partial charge in [0, 0.05) is 39.5 Å². The molecule has 0 bridgehead atoms. The van der Waals surface area contributed by atoms with Gasteiger partial charge in [0.15, 0.2) is 5.78 Å². The van der Waals surface area contributed by atoms with Crippen LogP contribution in [0.4, 0.5) is 0 Å². The van der Waals surface area contributed by atoms with Gasteiger partial charge in [0.25, 0.3) is 0 Å². The Hall–Kier alpha value is -1.73. The highest BCUT2D eigenvalue weighted by Crippen LogP contribution is 2.52. The van der Waals surface area contributed by atoms with Crippen LogP contribution in [0, 0.1) is 29.1 Å². The lowest BCUT2D eigenvalue weighted by atomic mass is 9.66. The number of nitrogens with zero attached hydrogens (tertiary/aromatic N) is 2. The molecule has 1 saturated heterocycles. The van der Waals surface area contributed by atoms with Crippen molar-refractivity contribution in [1.29, 1.82) is 0 Å². The van der Waals surface area contributed by atoms with Crippen molar-refractivity contribution in [3.05, 3.63) is 12.2 Å². The maximum atomic E-state index is 13.2. The van der Waals surface area contributed by atoms with Gasteiger partial charge in [-0.05, 0) is 38.3 Å². The fourth-order valence-electron chi connectivity index (χ4n) is 5.50. The minimum absolute atomic E-state index is 0.0297. The van der Waals surface area contributed by atoms with E-state index in [1.54, 1.807) is 18.0 Å². The number of esters is 1. The number of ketones is 1. The zero-order valence-corrected chi connectivity index (χ0v) is 17.4. The number of amides is 1. The maximum absolute atomic E-state index is 13.2. The molecular formula is C21H32N2O5. The zero-order valence-electron chi connectivity index (χ0n) is 17.4. The highest BCUT2D eigenvalue weighted by Gasteiger charge is 2.60. The first-order valence-electron chi connectivity index (χ1n) is 10.1. The second-order valence-corrected chi connectivity index (χ2v) is 9.05. The highest BCUT2D eigenvalue weighted by atomic mass is 16.5. The van der Waals surface area contributed by atoms with E-state index in [9.17, 15) is 19.5 Å². The van der Waals surface area contributed by atoms with Gasteiger partial charge in [-0.3, -0.25) is 14.4 Å². The standard InChI is InChI=1S/C21H32N2O5/c1-12-10-16(25)18(14-11-22(4)8-9-23(5)20(14)27)19(28-13(2)24)21(3)15(12)6-7-17(21)26/h6-7,12,14-16,18-19,25H,8-11H2,1-5H3/t12-,14?,15+,16-,18-,19+,21+/m1/s1. The normalized spacial score (nSPS) is 42.1. The summed E-state index contributed by atoms with van der Waals surface area (Å²) in [6.07, 6.45) is 2.21. The number of aliphatic hydroxyl groups is 1. The molecule has 0 radical (unpaired) electrons. The molecule has 1 unspecified atom stereocenters. The van der Waals surface area contributed by atoms with Gasteiger partial charge < -0.3 is 19.6 Å². The molecule has 7 atom stereocenters. The Morgan fingerprint density at radius 1 is 1.29 bits per heavy atom. The summed E-state index contributed by atoms with van der Waals surface area (Å²) in [7, 11) is 3.70. The van der Waals surface area contributed by atoms with Crippen LogP contribution in [-0.4, -0.2) is 78.5 Å². The van der Waals surface area contributed by atoms with Crippen LogP contribution >= 0.6 is 0 Å². The smallest absolute Gasteiger partial charge is 0.302 e. The third kappa shape index (κ3) is 3.39. The van der Waals surface area contributed by atoms with Gasteiger partial charge >= 0.3 is 5.97 Å². The molecule has 7 nitrogen and oxygen atoms in total. The Bertz CT molecular complexity index is 692. The molecule has 3 aliphatic rings. The number of aliphatic hydroxyl groups excluding tert-OH is 1. The minimum Gasteiger partial charge on any atom is -0.461 e. The Kier molecular flexibility index (Phi) is 5.69. The number of hydrogen-bond acceptors (Lipinski definition) is 6. The Morgan fingerprint density at radius 2 is 1.96 bits per heavy atom.